The summed E-state index contributed by atoms with van der Waals surface area (Å²) < 4.78 is 5.42. The molecule has 0 aliphatic carbocycles. The number of furan rings is 1. The number of unbranched alkanes of at least 4 members (excludes halogenated alkanes) is 3. The molecule has 2 rings (SSSR count). The molecule has 0 saturated carbocycles. The van der Waals surface area contributed by atoms with E-state index < -0.39 is 0 Å². The Morgan fingerprint density at radius 3 is 3.13 bits per heavy atom. The first kappa shape index (κ1) is 10.7. The Kier molecular flexibility index (Phi) is 3.84. The molecule has 1 aromatic rings. The molecular formula is C13H21NO. The van der Waals surface area contributed by atoms with Crippen molar-refractivity contribution in [1.29, 1.82) is 0 Å². The second-order valence-electron chi connectivity index (χ2n) is 4.46. The summed E-state index contributed by atoms with van der Waals surface area (Å²) in [6.45, 7) is 5.79. The lowest BCUT2D eigenvalue weighted by atomic mass is 10.1. The minimum absolute atomic E-state index is 1.09. The number of rotatable bonds is 5. The van der Waals surface area contributed by atoms with Crippen molar-refractivity contribution in [1.82, 2.24) is 4.90 Å². The van der Waals surface area contributed by atoms with Gasteiger partial charge in [-0.15, -0.1) is 0 Å². The molecule has 2 heteroatoms. The Morgan fingerprint density at radius 1 is 1.33 bits per heavy atom. The zero-order valence-corrected chi connectivity index (χ0v) is 9.67. The molecule has 0 unspecified atom stereocenters. The van der Waals surface area contributed by atoms with Gasteiger partial charge in [-0.2, -0.15) is 0 Å². The number of hydrogen-bond acceptors (Lipinski definition) is 2. The predicted octanol–water partition coefficient (Wildman–Crippen LogP) is 3.22. The van der Waals surface area contributed by atoms with E-state index in [0.717, 1.165) is 13.0 Å². The zero-order valence-electron chi connectivity index (χ0n) is 9.67. The van der Waals surface area contributed by atoms with Crippen molar-refractivity contribution in [3.63, 3.8) is 0 Å². The van der Waals surface area contributed by atoms with E-state index in [1.165, 1.54) is 50.1 Å². The maximum absolute atomic E-state index is 5.42. The quantitative estimate of drug-likeness (QED) is 0.689. The molecule has 1 aromatic heterocycles. The molecular weight excluding hydrogens is 186 g/mol. The lowest BCUT2D eigenvalue weighted by Crippen LogP contribution is -2.30. The molecule has 0 atom stereocenters. The van der Waals surface area contributed by atoms with Crippen LogP contribution in [0.1, 0.15) is 43.9 Å². The van der Waals surface area contributed by atoms with E-state index in [0.29, 0.717) is 0 Å². The smallest absolute Gasteiger partial charge is 0.109 e. The average Bonchev–Trinajstić information content (AvgIpc) is 2.71. The Morgan fingerprint density at radius 2 is 2.27 bits per heavy atom. The van der Waals surface area contributed by atoms with Crippen LogP contribution in [-0.4, -0.2) is 18.0 Å². The van der Waals surface area contributed by atoms with Crippen LogP contribution in [0.3, 0.4) is 0 Å². The van der Waals surface area contributed by atoms with Crippen LogP contribution in [0.4, 0.5) is 0 Å². The lowest BCUT2D eigenvalue weighted by Gasteiger charge is -2.25. The summed E-state index contributed by atoms with van der Waals surface area (Å²) in [5, 5.41) is 0. The normalized spacial score (nSPS) is 16.6. The van der Waals surface area contributed by atoms with Gasteiger partial charge in [0.2, 0.25) is 0 Å². The molecule has 0 amide bonds. The number of fused-ring (bicyclic) bond motifs is 1. The maximum Gasteiger partial charge on any atom is 0.109 e. The van der Waals surface area contributed by atoms with Crippen LogP contribution in [0.25, 0.3) is 0 Å². The Labute approximate surface area is 92.3 Å². The SMILES string of the molecule is CCCCCCN1CCc2occc2C1. The molecule has 15 heavy (non-hydrogen) atoms. The first-order valence-electron chi connectivity index (χ1n) is 6.17. The van der Waals surface area contributed by atoms with Gasteiger partial charge in [-0.1, -0.05) is 26.2 Å². The summed E-state index contributed by atoms with van der Waals surface area (Å²) in [5.74, 6) is 1.21. The van der Waals surface area contributed by atoms with Gasteiger partial charge >= 0.3 is 0 Å². The highest BCUT2D eigenvalue weighted by molar-refractivity contribution is 5.19. The molecule has 1 aliphatic heterocycles. The van der Waals surface area contributed by atoms with E-state index >= 15 is 0 Å². The molecule has 0 radical (unpaired) electrons. The highest BCUT2D eigenvalue weighted by atomic mass is 16.3. The minimum atomic E-state index is 1.09. The van der Waals surface area contributed by atoms with Crippen molar-refractivity contribution in [2.75, 3.05) is 13.1 Å². The van der Waals surface area contributed by atoms with E-state index in [9.17, 15) is 0 Å². The summed E-state index contributed by atoms with van der Waals surface area (Å²) in [4.78, 5) is 2.55. The largest absolute Gasteiger partial charge is 0.469 e. The van der Waals surface area contributed by atoms with Crippen LogP contribution in [0.5, 0.6) is 0 Å². The fourth-order valence-corrected chi connectivity index (χ4v) is 2.26. The molecule has 84 valence electrons. The molecule has 0 fully saturated rings. The van der Waals surface area contributed by atoms with Crippen molar-refractivity contribution in [2.45, 2.75) is 45.6 Å². The third-order valence-electron chi connectivity index (χ3n) is 3.21. The first-order chi connectivity index (χ1) is 7.40. The van der Waals surface area contributed by atoms with Crippen LogP contribution >= 0.6 is 0 Å². The van der Waals surface area contributed by atoms with Crippen molar-refractivity contribution >= 4 is 0 Å². The van der Waals surface area contributed by atoms with Gasteiger partial charge in [0.05, 0.1) is 6.26 Å². The van der Waals surface area contributed by atoms with Gasteiger partial charge in [0.15, 0.2) is 0 Å². The van der Waals surface area contributed by atoms with E-state index in [4.69, 9.17) is 4.42 Å². The Balaban J connectivity index is 1.73. The molecule has 0 N–H and O–H groups in total. The van der Waals surface area contributed by atoms with Gasteiger partial charge in [0.1, 0.15) is 5.76 Å². The first-order valence-corrected chi connectivity index (χ1v) is 6.17. The molecule has 0 aromatic carbocycles. The summed E-state index contributed by atoms with van der Waals surface area (Å²) >= 11 is 0. The number of hydrogen-bond donors (Lipinski definition) is 0. The second kappa shape index (κ2) is 5.36. The summed E-state index contributed by atoms with van der Waals surface area (Å²) in [6, 6.07) is 2.12. The van der Waals surface area contributed by atoms with Crippen LogP contribution in [0.15, 0.2) is 16.7 Å². The molecule has 2 heterocycles. The van der Waals surface area contributed by atoms with Crippen LogP contribution in [-0.2, 0) is 13.0 Å². The van der Waals surface area contributed by atoms with Crippen molar-refractivity contribution in [2.24, 2.45) is 0 Å². The van der Waals surface area contributed by atoms with Crippen LogP contribution in [0, 0.1) is 0 Å². The third-order valence-corrected chi connectivity index (χ3v) is 3.21. The predicted molar refractivity (Wildman–Crippen MR) is 61.8 cm³/mol. The number of nitrogens with zero attached hydrogens (tertiary/aromatic N) is 1. The van der Waals surface area contributed by atoms with Crippen molar-refractivity contribution in [3.8, 4) is 0 Å². The standard InChI is InChI=1S/C13H21NO/c1-2-3-4-5-8-14-9-6-13-12(11-14)7-10-15-13/h7,10H,2-6,8-9,11H2,1H3. The molecule has 2 nitrogen and oxygen atoms in total. The van der Waals surface area contributed by atoms with Crippen molar-refractivity contribution in [3.05, 3.63) is 23.7 Å². The highest BCUT2D eigenvalue weighted by Crippen LogP contribution is 2.19. The molecule has 0 spiro atoms. The van der Waals surface area contributed by atoms with Gasteiger partial charge in [-0.05, 0) is 19.0 Å². The van der Waals surface area contributed by atoms with Gasteiger partial charge < -0.3 is 4.42 Å². The lowest BCUT2D eigenvalue weighted by molar-refractivity contribution is 0.237. The molecule has 1 aliphatic rings. The average molecular weight is 207 g/mol. The highest BCUT2D eigenvalue weighted by Gasteiger charge is 2.17. The molecule has 0 saturated heterocycles. The Hall–Kier alpha value is -0.760. The van der Waals surface area contributed by atoms with E-state index in [1.807, 2.05) is 6.26 Å². The monoisotopic (exact) mass is 207 g/mol. The molecule has 0 bridgehead atoms. The summed E-state index contributed by atoms with van der Waals surface area (Å²) in [7, 11) is 0. The van der Waals surface area contributed by atoms with Gasteiger partial charge in [0.25, 0.3) is 0 Å². The Bertz CT molecular complexity index is 292. The van der Waals surface area contributed by atoms with Crippen LogP contribution < -0.4 is 0 Å². The van der Waals surface area contributed by atoms with Gasteiger partial charge in [0, 0.05) is 25.1 Å². The van der Waals surface area contributed by atoms with Gasteiger partial charge in [-0.3, -0.25) is 4.90 Å². The third kappa shape index (κ3) is 2.85. The summed E-state index contributed by atoms with van der Waals surface area (Å²) in [6.07, 6.45) is 8.35. The van der Waals surface area contributed by atoms with E-state index in [2.05, 4.69) is 17.9 Å². The fraction of sp³-hybridized carbons (Fsp3) is 0.692. The zero-order chi connectivity index (χ0) is 10.5. The van der Waals surface area contributed by atoms with E-state index in [1.54, 1.807) is 0 Å². The minimum Gasteiger partial charge on any atom is -0.469 e. The van der Waals surface area contributed by atoms with Crippen LogP contribution in [0.2, 0.25) is 0 Å². The van der Waals surface area contributed by atoms with Gasteiger partial charge in [-0.25, -0.2) is 0 Å². The van der Waals surface area contributed by atoms with Crippen molar-refractivity contribution < 1.29 is 4.42 Å². The van der Waals surface area contributed by atoms with E-state index in [-0.39, 0.29) is 0 Å². The summed E-state index contributed by atoms with van der Waals surface area (Å²) in [5.41, 5.74) is 1.40. The maximum atomic E-state index is 5.42. The second-order valence-corrected chi connectivity index (χ2v) is 4.46. The topological polar surface area (TPSA) is 16.4 Å². The fourth-order valence-electron chi connectivity index (χ4n) is 2.26.